The number of nitrogens with zero attached hydrogens (tertiary/aromatic N) is 3. The van der Waals surface area contributed by atoms with Crippen LogP contribution < -0.4 is 5.32 Å². The predicted octanol–water partition coefficient (Wildman–Crippen LogP) is 0.903. The molecule has 7 nitrogen and oxygen atoms in total. The lowest BCUT2D eigenvalue weighted by Crippen LogP contribution is -2.47. The summed E-state index contributed by atoms with van der Waals surface area (Å²) in [4.78, 5) is 16.4. The second kappa shape index (κ2) is 10.4. The van der Waals surface area contributed by atoms with Crippen molar-refractivity contribution in [1.82, 2.24) is 19.4 Å². The van der Waals surface area contributed by atoms with Gasteiger partial charge < -0.3 is 15.1 Å². The third-order valence-corrected chi connectivity index (χ3v) is 7.97. The summed E-state index contributed by atoms with van der Waals surface area (Å²) >= 11 is 1.22. The Labute approximate surface area is 161 Å². The van der Waals surface area contributed by atoms with Gasteiger partial charge in [-0.3, -0.25) is 4.79 Å². The van der Waals surface area contributed by atoms with E-state index in [2.05, 4.69) is 24.1 Å². The molecule has 2 heterocycles. The summed E-state index contributed by atoms with van der Waals surface area (Å²) in [5.41, 5.74) is 0. The van der Waals surface area contributed by atoms with Gasteiger partial charge in [0, 0.05) is 52.2 Å². The van der Waals surface area contributed by atoms with Gasteiger partial charge in [-0.25, -0.2) is 8.42 Å². The summed E-state index contributed by atoms with van der Waals surface area (Å²) in [6.45, 7) is 10.2. The normalized spacial score (nSPS) is 15.8. The van der Waals surface area contributed by atoms with Crippen LogP contribution in [0.1, 0.15) is 20.3 Å². The van der Waals surface area contributed by atoms with Crippen LogP contribution in [0.25, 0.3) is 0 Å². The van der Waals surface area contributed by atoms with E-state index in [4.69, 9.17) is 0 Å². The number of thiophene rings is 1. The summed E-state index contributed by atoms with van der Waals surface area (Å²) in [6.07, 6.45) is 0.225. The van der Waals surface area contributed by atoms with Crippen molar-refractivity contribution >= 4 is 27.3 Å². The third-order valence-electron chi connectivity index (χ3n) is 4.69. The van der Waals surface area contributed by atoms with E-state index in [0.29, 0.717) is 30.4 Å². The molecule has 1 saturated heterocycles. The molecule has 1 aromatic rings. The van der Waals surface area contributed by atoms with Crippen LogP contribution in [0.4, 0.5) is 0 Å². The molecule has 26 heavy (non-hydrogen) atoms. The van der Waals surface area contributed by atoms with Crippen molar-refractivity contribution in [2.45, 2.75) is 24.5 Å². The largest absolute Gasteiger partial charge is 0.340 e. The Morgan fingerprint density at radius 3 is 2.46 bits per heavy atom. The van der Waals surface area contributed by atoms with Gasteiger partial charge in [-0.2, -0.15) is 4.31 Å². The highest BCUT2D eigenvalue weighted by atomic mass is 32.2. The molecule has 1 fully saturated rings. The van der Waals surface area contributed by atoms with Gasteiger partial charge in [0.25, 0.3) is 10.0 Å². The Balaban J connectivity index is 2.03. The van der Waals surface area contributed by atoms with Gasteiger partial charge >= 0.3 is 0 Å². The number of piperazine rings is 1. The fraction of sp³-hybridized carbons (Fsp3) is 0.706. The molecule has 0 aliphatic carbocycles. The first kappa shape index (κ1) is 21.3. The van der Waals surface area contributed by atoms with Gasteiger partial charge in [-0.1, -0.05) is 19.9 Å². The molecule has 0 atom stereocenters. The Morgan fingerprint density at radius 1 is 1.19 bits per heavy atom. The number of hydrogen-bond donors (Lipinski definition) is 1. The summed E-state index contributed by atoms with van der Waals surface area (Å²) < 4.78 is 27.7. The molecule has 148 valence electrons. The molecular weight excluding hydrogens is 372 g/mol. The Morgan fingerprint density at radius 2 is 1.88 bits per heavy atom. The van der Waals surface area contributed by atoms with Gasteiger partial charge in [-0.05, 0) is 24.5 Å². The maximum Gasteiger partial charge on any atom is 0.252 e. The standard InChI is InChI=1S/C17H30N4O3S2/c1-3-19(4-2)13-14-21(26(23,24)17-6-5-15-25-17)10-7-16(22)20-11-8-18-9-12-20/h5-6,15,18H,3-4,7-14H2,1-2H3. The zero-order chi connectivity index (χ0) is 19.0. The predicted molar refractivity (Wildman–Crippen MR) is 105 cm³/mol. The van der Waals surface area contributed by atoms with Crippen molar-refractivity contribution in [1.29, 1.82) is 0 Å². The van der Waals surface area contributed by atoms with Crippen LogP contribution >= 0.6 is 11.3 Å². The van der Waals surface area contributed by atoms with E-state index in [-0.39, 0.29) is 18.9 Å². The summed E-state index contributed by atoms with van der Waals surface area (Å²) in [5, 5.41) is 4.98. The fourth-order valence-electron chi connectivity index (χ4n) is 2.98. The molecule has 0 unspecified atom stereocenters. The molecule has 1 amide bonds. The Kier molecular flexibility index (Phi) is 8.49. The van der Waals surface area contributed by atoms with E-state index in [9.17, 15) is 13.2 Å². The van der Waals surface area contributed by atoms with Crippen molar-refractivity contribution in [2.75, 3.05) is 58.9 Å². The average molecular weight is 403 g/mol. The lowest BCUT2D eigenvalue weighted by Gasteiger charge is -2.29. The van der Waals surface area contributed by atoms with Crippen LogP contribution in [0.15, 0.2) is 21.7 Å². The summed E-state index contributed by atoms with van der Waals surface area (Å²) in [6, 6.07) is 3.37. The minimum atomic E-state index is -3.55. The van der Waals surface area contributed by atoms with Crippen molar-refractivity contribution in [3.8, 4) is 0 Å². The van der Waals surface area contributed by atoms with Gasteiger partial charge in [0.15, 0.2) is 0 Å². The molecule has 1 N–H and O–H groups in total. The van der Waals surface area contributed by atoms with E-state index in [0.717, 1.165) is 26.2 Å². The summed E-state index contributed by atoms with van der Waals surface area (Å²) in [7, 11) is -3.55. The number of amides is 1. The van der Waals surface area contributed by atoms with Crippen LogP contribution in [-0.4, -0.2) is 87.3 Å². The third kappa shape index (κ3) is 5.75. The number of carbonyl (C=O) groups excluding carboxylic acids is 1. The minimum absolute atomic E-state index is 0.0284. The first-order chi connectivity index (χ1) is 12.5. The van der Waals surface area contributed by atoms with E-state index < -0.39 is 10.0 Å². The molecule has 0 saturated carbocycles. The fourth-order valence-corrected chi connectivity index (χ4v) is 5.55. The van der Waals surface area contributed by atoms with E-state index in [1.54, 1.807) is 17.5 Å². The first-order valence-electron chi connectivity index (χ1n) is 9.23. The topological polar surface area (TPSA) is 73.0 Å². The number of nitrogens with one attached hydrogen (secondary N) is 1. The van der Waals surface area contributed by atoms with Crippen molar-refractivity contribution < 1.29 is 13.2 Å². The SMILES string of the molecule is CCN(CC)CCN(CCC(=O)N1CCNCC1)S(=O)(=O)c1cccs1. The maximum atomic E-state index is 13.0. The van der Waals surface area contributed by atoms with Gasteiger partial charge in [0.1, 0.15) is 4.21 Å². The molecule has 1 aliphatic rings. The molecule has 1 aromatic heterocycles. The number of likely N-dealkylation sites (N-methyl/N-ethyl adjacent to an activating group) is 1. The first-order valence-corrected chi connectivity index (χ1v) is 11.6. The molecule has 1 aliphatic heterocycles. The maximum absolute atomic E-state index is 13.0. The summed E-state index contributed by atoms with van der Waals surface area (Å²) in [5.74, 6) is 0.0284. The highest BCUT2D eigenvalue weighted by Gasteiger charge is 2.27. The highest BCUT2D eigenvalue weighted by molar-refractivity contribution is 7.91. The quantitative estimate of drug-likeness (QED) is 0.630. The number of carbonyl (C=O) groups is 1. The molecule has 0 aromatic carbocycles. The molecule has 0 bridgehead atoms. The lowest BCUT2D eigenvalue weighted by atomic mass is 10.3. The van der Waals surface area contributed by atoms with E-state index in [1.165, 1.54) is 15.6 Å². The number of rotatable bonds is 10. The monoisotopic (exact) mass is 402 g/mol. The van der Waals surface area contributed by atoms with Crippen LogP contribution in [0.2, 0.25) is 0 Å². The smallest absolute Gasteiger partial charge is 0.252 e. The van der Waals surface area contributed by atoms with Gasteiger partial charge in [-0.15, -0.1) is 11.3 Å². The van der Waals surface area contributed by atoms with Crippen molar-refractivity contribution in [3.05, 3.63) is 17.5 Å². The van der Waals surface area contributed by atoms with E-state index in [1.807, 2.05) is 4.90 Å². The molecule has 9 heteroatoms. The second-order valence-electron chi connectivity index (χ2n) is 6.24. The number of sulfonamides is 1. The van der Waals surface area contributed by atoms with Crippen molar-refractivity contribution in [2.24, 2.45) is 0 Å². The molecular formula is C17H30N4O3S2. The number of hydrogen-bond acceptors (Lipinski definition) is 6. The van der Waals surface area contributed by atoms with Crippen LogP contribution in [0.3, 0.4) is 0 Å². The van der Waals surface area contributed by atoms with E-state index >= 15 is 0 Å². The molecule has 0 radical (unpaired) electrons. The van der Waals surface area contributed by atoms with Crippen LogP contribution in [0, 0.1) is 0 Å². The Bertz CT molecular complexity index is 639. The molecule has 0 spiro atoms. The second-order valence-corrected chi connectivity index (χ2v) is 9.36. The molecule has 2 rings (SSSR count). The van der Waals surface area contributed by atoms with Crippen LogP contribution in [0.5, 0.6) is 0 Å². The lowest BCUT2D eigenvalue weighted by molar-refractivity contribution is -0.131. The highest BCUT2D eigenvalue weighted by Crippen LogP contribution is 2.21. The van der Waals surface area contributed by atoms with Gasteiger partial charge in [0.2, 0.25) is 5.91 Å². The zero-order valence-electron chi connectivity index (χ0n) is 15.7. The average Bonchev–Trinajstić information content (AvgIpc) is 3.20. The van der Waals surface area contributed by atoms with Crippen molar-refractivity contribution in [3.63, 3.8) is 0 Å². The van der Waals surface area contributed by atoms with Gasteiger partial charge in [0.05, 0.1) is 0 Å². The minimum Gasteiger partial charge on any atom is -0.340 e. The van der Waals surface area contributed by atoms with Crippen LogP contribution in [-0.2, 0) is 14.8 Å². The Hall–Kier alpha value is -1.00. The zero-order valence-corrected chi connectivity index (χ0v) is 17.3.